The molecule has 0 aliphatic rings. The Labute approximate surface area is 153 Å². The highest BCUT2D eigenvalue weighted by atomic mass is 32.2. The lowest BCUT2D eigenvalue weighted by atomic mass is 10.1. The summed E-state index contributed by atoms with van der Waals surface area (Å²) in [6.45, 7) is 1.33. The van der Waals surface area contributed by atoms with Crippen molar-refractivity contribution in [3.05, 3.63) is 63.7 Å². The SMILES string of the molecule is Cc1c([N+](=O)[O-])cccc1S(=O)(=O)Nc1nnc(-c2cccc(C#N)c2)o1. The van der Waals surface area contributed by atoms with Crippen LogP contribution in [-0.4, -0.2) is 23.5 Å². The Kier molecular flexibility index (Phi) is 4.57. The van der Waals surface area contributed by atoms with E-state index in [9.17, 15) is 18.5 Å². The number of nitro benzene ring substituents is 1. The highest BCUT2D eigenvalue weighted by Gasteiger charge is 2.25. The number of benzene rings is 2. The summed E-state index contributed by atoms with van der Waals surface area (Å²) in [4.78, 5) is 10.1. The van der Waals surface area contributed by atoms with Crippen molar-refractivity contribution in [2.45, 2.75) is 11.8 Å². The first-order valence-corrected chi connectivity index (χ1v) is 8.91. The predicted octanol–water partition coefficient (Wildman–Crippen LogP) is 2.63. The van der Waals surface area contributed by atoms with Gasteiger partial charge in [-0.05, 0) is 31.2 Å². The number of hydrogen-bond donors (Lipinski definition) is 1. The van der Waals surface area contributed by atoms with E-state index in [1.165, 1.54) is 31.2 Å². The summed E-state index contributed by atoms with van der Waals surface area (Å²) in [5, 5.41) is 27.3. The van der Waals surface area contributed by atoms with E-state index in [-0.39, 0.29) is 22.0 Å². The van der Waals surface area contributed by atoms with Gasteiger partial charge in [-0.15, -0.1) is 5.10 Å². The molecule has 1 aromatic heterocycles. The molecule has 2 aromatic carbocycles. The Balaban J connectivity index is 1.92. The zero-order valence-electron chi connectivity index (χ0n) is 13.8. The molecule has 0 saturated heterocycles. The minimum atomic E-state index is -4.18. The summed E-state index contributed by atoms with van der Waals surface area (Å²) < 4.78 is 32.5. The van der Waals surface area contributed by atoms with Crippen LogP contribution in [0, 0.1) is 28.4 Å². The average Bonchev–Trinajstić information content (AvgIpc) is 3.09. The van der Waals surface area contributed by atoms with Crippen molar-refractivity contribution in [2.24, 2.45) is 0 Å². The molecule has 0 aliphatic heterocycles. The molecule has 0 amide bonds. The number of aromatic nitrogens is 2. The molecular formula is C16H11N5O5S. The average molecular weight is 385 g/mol. The summed E-state index contributed by atoms with van der Waals surface area (Å²) in [6.07, 6.45) is 0. The molecule has 0 atom stereocenters. The molecule has 0 aliphatic carbocycles. The molecule has 0 radical (unpaired) electrons. The zero-order valence-corrected chi connectivity index (χ0v) is 14.6. The van der Waals surface area contributed by atoms with Crippen LogP contribution in [0.3, 0.4) is 0 Å². The largest absolute Gasteiger partial charge is 0.403 e. The van der Waals surface area contributed by atoms with Crippen LogP contribution in [0.1, 0.15) is 11.1 Å². The lowest BCUT2D eigenvalue weighted by Gasteiger charge is -2.07. The van der Waals surface area contributed by atoms with E-state index in [0.29, 0.717) is 11.1 Å². The van der Waals surface area contributed by atoms with Crippen LogP contribution in [0.25, 0.3) is 11.5 Å². The van der Waals surface area contributed by atoms with Gasteiger partial charge in [-0.3, -0.25) is 10.1 Å². The van der Waals surface area contributed by atoms with Crippen molar-refractivity contribution in [3.8, 4) is 17.5 Å². The number of hydrogen-bond acceptors (Lipinski definition) is 8. The summed E-state index contributed by atoms with van der Waals surface area (Å²) in [7, 11) is -4.18. The highest BCUT2D eigenvalue weighted by Crippen LogP contribution is 2.27. The van der Waals surface area contributed by atoms with Gasteiger partial charge in [0.2, 0.25) is 5.89 Å². The summed E-state index contributed by atoms with van der Waals surface area (Å²) in [5.74, 6) is 0.0144. The van der Waals surface area contributed by atoms with Crippen LogP contribution in [0.4, 0.5) is 11.7 Å². The second-order valence-electron chi connectivity index (χ2n) is 5.37. The minimum Gasteiger partial charge on any atom is -0.403 e. The van der Waals surface area contributed by atoms with Gasteiger partial charge in [0, 0.05) is 17.2 Å². The Morgan fingerprint density at radius 1 is 1.22 bits per heavy atom. The van der Waals surface area contributed by atoms with Gasteiger partial charge in [-0.1, -0.05) is 17.2 Å². The first kappa shape index (κ1) is 18.0. The number of sulfonamides is 1. The Hall–Kier alpha value is -3.78. The van der Waals surface area contributed by atoms with E-state index < -0.39 is 21.0 Å². The van der Waals surface area contributed by atoms with Crippen molar-refractivity contribution in [2.75, 3.05) is 4.72 Å². The molecule has 136 valence electrons. The maximum atomic E-state index is 12.5. The molecule has 0 spiro atoms. The van der Waals surface area contributed by atoms with Gasteiger partial charge < -0.3 is 4.42 Å². The van der Waals surface area contributed by atoms with Crippen molar-refractivity contribution in [1.82, 2.24) is 10.2 Å². The predicted molar refractivity (Wildman–Crippen MR) is 93.1 cm³/mol. The van der Waals surface area contributed by atoms with Gasteiger partial charge in [0.25, 0.3) is 15.7 Å². The third kappa shape index (κ3) is 3.60. The Morgan fingerprint density at radius 3 is 2.67 bits per heavy atom. The summed E-state index contributed by atoms with van der Waals surface area (Å²) in [6, 6.07) is 11.6. The molecule has 1 N–H and O–H groups in total. The van der Waals surface area contributed by atoms with Crippen molar-refractivity contribution in [1.29, 1.82) is 5.26 Å². The normalized spacial score (nSPS) is 11.0. The van der Waals surface area contributed by atoms with E-state index in [1.807, 2.05) is 6.07 Å². The quantitative estimate of drug-likeness (QED) is 0.519. The molecule has 0 saturated carbocycles. The molecule has 3 rings (SSSR count). The smallest absolute Gasteiger partial charge is 0.330 e. The van der Waals surface area contributed by atoms with Gasteiger partial charge in [0.15, 0.2) is 0 Å². The Bertz CT molecular complexity index is 1180. The maximum Gasteiger partial charge on any atom is 0.330 e. The van der Waals surface area contributed by atoms with E-state index in [0.717, 1.165) is 0 Å². The fraction of sp³-hybridized carbons (Fsp3) is 0.0625. The summed E-state index contributed by atoms with van der Waals surface area (Å²) in [5.41, 5.74) is 0.479. The second kappa shape index (κ2) is 6.85. The maximum absolute atomic E-state index is 12.5. The van der Waals surface area contributed by atoms with Crippen LogP contribution in [0.2, 0.25) is 0 Å². The van der Waals surface area contributed by atoms with Gasteiger partial charge >= 0.3 is 6.01 Å². The number of rotatable bonds is 5. The lowest BCUT2D eigenvalue weighted by molar-refractivity contribution is -0.385. The topological polar surface area (TPSA) is 152 Å². The highest BCUT2D eigenvalue weighted by molar-refractivity contribution is 7.92. The van der Waals surface area contributed by atoms with Crippen molar-refractivity contribution < 1.29 is 17.8 Å². The molecule has 10 nitrogen and oxygen atoms in total. The molecule has 0 unspecified atom stereocenters. The number of anilines is 1. The number of nitro groups is 1. The van der Waals surface area contributed by atoms with E-state index >= 15 is 0 Å². The van der Waals surface area contributed by atoms with Crippen LogP contribution in [0.15, 0.2) is 51.8 Å². The van der Waals surface area contributed by atoms with Crippen molar-refractivity contribution >= 4 is 21.7 Å². The fourth-order valence-corrected chi connectivity index (χ4v) is 3.55. The molecule has 0 bridgehead atoms. The van der Waals surface area contributed by atoms with Gasteiger partial charge in [-0.25, -0.2) is 13.1 Å². The standard InChI is InChI=1S/C16H11N5O5S/c1-10-13(21(22)23)6-3-7-14(10)27(24,25)20-16-19-18-15(26-16)12-5-2-4-11(8-12)9-17/h2-8H,1H3,(H,19,20). The third-order valence-electron chi connectivity index (χ3n) is 3.63. The van der Waals surface area contributed by atoms with E-state index in [4.69, 9.17) is 9.68 Å². The van der Waals surface area contributed by atoms with Crippen LogP contribution < -0.4 is 4.72 Å². The zero-order chi connectivity index (χ0) is 19.6. The Morgan fingerprint density at radius 2 is 1.96 bits per heavy atom. The van der Waals surface area contributed by atoms with Crippen LogP contribution in [-0.2, 0) is 10.0 Å². The second-order valence-corrected chi connectivity index (χ2v) is 7.02. The molecule has 27 heavy (non-hydrogen) atoms. The number of nitrogens with zero attached hydrogens (tertiary/aromatic N) is 4. The first-order chi connectivity index (χ1) is 12.8. The van der Waals surface area contributed by atoms with E-state index in [2.05, 4.69) is 14.9 Å². The fourth-order valence-electron chi connectivity index (χ4n) is 2.36. The first-order valence-electron chi connectivity index (χ1n) is 7.42. The van der Waals surface area contributed by atoms with Crippen LogP contribution in [0.5, 0.6) is 0 Å². The monoisotopic (exact) mass is 385 g/mol. The third-order valence-corrected chi connectivity index (χ3v) is 5.09. The van der Waals surface area contributed by atoms with Gasteiger partial charge in [0.05, 0.1) is 21.5 Å². The number of nitriles is 1. The molecular weight excluding hydrogens is 374 g/mol. The van der Waals surface area contributed by atoms with Crippen molar-refractivity contribution in [3.63, 3.8) is 0 Å². The molecule has 11 heteroatoms. The molecule has 1 heterocycles. The lowest BCUT2D eigenvalue weighted by Crippen LogP contribution is -2.15. The van der Waals surface area contributed by atoms with Crippen LogP contribution >= 0.6 is 0 Å². The summed E-state index contributed by atoms with van der Waals surface area (Å²) >= 11 is 0. The molecule has 0 fully saturated rings. The molecule has 3 aromatic rings. The van der Waals surface area contributed by atoms with Gasteiger partial charge in [0.1, 0.15) is 0 Å². The number of nitrogens with one attached hydrogen (secondary N) is 1. The van der Waals surface area contributed by atoms with Gasteiger partial charge in [-0.2, -0.15) is 5.26 Å². The van der Waals surface area contributed by atoms with E-state index in [1.54, 1.807) is 18.2 Å². The minimum absolute atomic E-state index is 0.0144.